The largest absolute Gasteiger partial charge is 0.336 e. The van der Waals surface area contributed by atoms with Gasteiger partial charge in [-0.25, -0.2) is 0 Å². The summed E-state index contributed by atoms with van der Waals surface area (Å²) in [6, 6.07) is 5.67. The van der Waals surface area contributed by atoms with E-state index in [9.17, 15) is 4.79 Å². The first kappa shape index (κ1) is 16.9. The maximum absolute atomic E-state index is 12.7. The summed E-state index contributed by atoms with van der Waals surface area (Å²) in [6.07, 6.45) is 6.83. The standard InChI is InChI=1S/C19H23Cl2NO/c1-18(2)9-15-10-19(3,11-18)12-22(15)17(23)7-5-13-4-6-14(20)8-16(13)21/h4-8,15H,9-12H2,1-3H3/b7-5+. The SMILES string of the molecule is CC1(C)CC2CC(C)(CN2C(=O)/C=C/c2ccc(Cl)cc2Cl)C1. The number of carbonyl (C=O) groups is 1. The monoisotopic (exact) mass is 351 g/mol. The van der Waals surface area contributed by atoms with Gasteiger partial charge in [0.2, 0.25) is 5.91 Å². The normalized spacial score (nSPS) is 29.3. The second kappa shape index (κ2) is 5.82. The van der Waals surface area contributed by atoms with Gasteiger partial charge in [0.15, 0.2) is 0 Å². The first-order chi connectivity index (χ1) is 10.7. The van der Waals surface area contributed by atoms with Crippen LogP contribution in [0.4, 0.5) is 0 Å². The lowest BCUT2D eigenvalue weighted by Crippen LogP contribution is -2.36. The first-order valence-electron chi connectivity index (χ1n) is 8.11. The molecule has 2 nitrogen and oxygen atoms in total. The molecule has 2 aliphatic rings. The highest BCUT2D eigenvalue weighted by Gasteiger charge is 2.50. The van der Waals surface area contributed by atoms with Crippen molar-refractivity contribution in [1.82, 2.24) is 4.90 Å². The van der Waals surface area contributed by atoms with Crippen molar-refractivity contribution in [2.75, 3.05) is 6.54 Å². The van der Waals surface area contributed by atoms with Crippen LogP contribution in [-0.4, -0.2) is 23.4 Å². The van der Waals surface area contributed by atoms with Gasteiger partial charge in [-0.15, -0.1) is 0 Å². The van der Waals surface area contributed by atoms with Gasteiger partial charge in [-0.05, 0) is 53.9 Å². The fraction of sp³-hybridized carbons (Fsp3) is 0.526. The average molecular weight is 352 g/mol. The molecule has 1 aromatic rings. The highest BCUT2D eigenvalue weighted by molar-refractivity contribution is 6.35. The van der Waals surface area contributed by atoms with Crippen molar-refractivity contribution in [3.63, 3.8) is 0 Å². The quantitative estimate of drug-likeness (QED) is 0.650. The van der Waals surface area contributed by atoms with Crippen LogP contribution in [0.5, 0.6) is 0 Å². The Bertz CT molecular complexity index is 667. The van der Waals surface area contributed by atoms with Crippen LogP contribution in [0.25, 0.3) is 6.08 Å². The highest BCUT2D eigenvalue weighted by atomic mass is 35.5. The van der Waals surface area contributed by atoms with E-state index >= 15 is 0 Å². The molecule has 1 saturated heterocycles. The van der Waals surface area contributed by atoms with Gasteiger partial charge in [0.05, 0.1) is 0 Å². The van der Waals surface area contributed by atoms with Gasteiger partial charge in [-0.3, -0.25) is 4.79 Å². The van der Waals surface area contributed by atoms with Gasteiger partial charge in [0.25, 0.3) is 0 Å². The molecule has 23 heavy (non-hydrogen) atoms. The second-order valence-corrected chi connectivity index (χ2v) is 9.02. The van der Waals surface area contributed by atoms with Crippen molar-refractivity contribution in [3.05, 3.63) is 39.9 Å². The van der Waals surface area contributed by atoms with Crippen molar-refractivity contribution >= 4 is 35.2 Å². The van der Waals surface area contributed by atoms with E-state index in [2.05, 4.69) is 25.7 Å². The molecule has 2 fully saturated rings. The fourth-order valence-corrected chi connectivity index (χ4v) is 5.08. The Morgan fingerprint density at radius 3 is 2.70 bits per heavy atom. The Morgan fingerprint density at radius 1 is 1.26 bits per heavy atom. The lowest BCUT2D eigenvalue weighted by Gasteiger charge is -2.39. The zero-order valence-electron chi connectivity index (χ0n) is 13.9. The van der Waals surface area contributed by atoms with Crippen LogP contribution in [0.2, 0.25) is 10.0 Å². The third-order valence-electron chi connectivity index (χ3n) is 5.07. The molecule has 0 N–H and O–H groups in total. The molecular weight excluding hydrogens is 329 g/mol. The number of fused-ring (bicyclic) bond motifs is 2. The van der Waals surface area contributed by atoms with Gasteiger partial charge in [0.1, 0.15) is 0 Å². The van der Waals surface area contributed by atoms with E-state index in [1.165, 1.54) is 6.42 Å². The molecule has 2 atom stereocenters. The summed E-state index contributed by atoms with van der Waals surface area (Å²) in [4.78, 5) is 14.7. The number of hydrogen-bond acceptors (Lipinski definition) is 1. The minimum Gasteiger partial charge on any atom is -0.336 e. The Labute approximate surface area is 148 Å². The number of halogens is 2. The van der Waals surface area contributed by atoms with E-state index in [-0.39, 0.29) is 11.3 Å². The molecular formula is C19H23Cl2NO. The van der Waals surface area contributed by atoms with Crippen molar-refractivity contribution in [2.24, 2.45) is 10.8 Å². The van der Waals surface area contributed by atoms with E-state index < -0.39 is 0 Å². The van der Waals surface area contributed by atoms with Gasteiger partial charge in [-0.2, -0.15) is 0 Å². The predicted octanol–water partition coefficient (Wildman–Crippen LogP) is 5.43. The minimum atomic E-state index is 0.0856. The second-order valence-electron chi connectivity index (χ2n) is 8.18. The van der Waals surface area contributed by atoms with Crippen LogP contribution >= 0.6 is 23.2 Å². The van der Waals surface area contributed by atoms with E-state index in [1.807, 2.05) is 6.07 Å². The van der Waals surface area contributed by atoms with E-state index in [0.29, 0.717) is 21.5 Å². The Morgan fingerprint density at radius 2 is 2.00 bits per heavy atom. The molecule has 1 heterocycles. The molecule has 0 spiro atoms. The van der Waals surface area contributed by atoms with Gasteiger partial charge in [-0.1, -0.05) is 50.0 Å². The van der Waals surface area contributed by atoms with E-state index in [0.717, 1.165) is 24.9 Å². The summed E-state index contributed by atoms with van der Waals surface area (Å²) in [5.41, 5.74) is 1.39. The number of likely N-dealkylation sites (tertiary alicyclic amines) is 1. The molecule has 0 radical (unpaired) electrons. The number of amides is 1. The Hall–Kier alpha value is -0.990. The molecule has 2 bridgehead atoms. The number of hydrogen-bond donors (Lipinski definition) is 0. The summed E-state index contributed by atoms with van der Waals surface area (Å²) in [7, 11) is 0. The molecule has 1 aliphatic heterocycles. The highest BCUT2D eigenvalue weighted by Crippen LogP contribution is 2.52. The van der Waals surface area contributed by atoms with Crippen molar-refractivity contribution in [2.45, 2.75) is 46.1 Å². The molecule has 1 aliphatic carbocycles. The summed E-state index contributed by atoms with van der Waals surface area (Å²) in [6.45, 7) is 7.80. The number of nitrogens with zero attached hydrogens (tertiary/aromatic N) is 1. The fourth-order valence-electron chi connectivity index (χ4n) is 4.61. The first-order valence-corrected chi connectivity index (χ1v) is 8.87. The van der Waals surface area contributed by atoms with Gasteiger partial charge >= 0.3 is 0 Å². The number of rotatable bonds is 2. The van der Waals surface area contributed by atoms with Crippen LogP contribution in [0.3, 0.4) is 0 Å². The van der Waals surface area contributed by atoms with Crippen LogP contribution in [0, 0.1) is 10.8 Å². The van der Waals surface area contributed by atoms with Crippen molar-refractivity contribution < 1.29 is 4.79 Å². The third-order valence-corrected chi connectivity index (χ3v) is 5.63. The molecule has 4 heteroatoms. The molecule has 0 aromatic heterocycles. The van der Waals surface area contributed by atoms with Gasteiger partial charge in [0, 0.05) is 28.7 Å². The summed E-state index contributed by atoms with van der Waals surface area (Å²) < 4.78 is 0. The zero-order chi connectivity index (χ0) is 16.8. The van der Waals surface area contributed by atoms with Crippen molar-refractivity contribution in [1.29, 1.82) is 0 Å². The molecule has 124 valence electrons. The lowest BCUT2D eigenvalue weighted by molar-refractivity contribution is -0.127. The number of carbonyl (C=O) groups excluding carboxylic acids is 1. The average Bonchev–Trinajstić information content (AvgIpc) is 2.66. The molecule has 1 saturated carbocycles. The summed E-state index contributed by atoms with van der Waals surface area (Å²) in [5.74, 6) is 0.0856. The zero-order valence-corrected chi connectivity index (χ0v) is 15.4. The topological polar surface area (TPSA) is 20.3 Å². The smallest absolute Gasteiger partial charge is 0.246 e. The van der Waals surface area contributed by atoms with Crippen molar-refractivity contribution in [3.8, 4) is 0 Å². The maximum atomic E-state index is 12.7. The Balaban J connectivity index is 1.75. The number of benzene rings is 1. The lowest BCUT2D eigenvalue weighted by atomic mass is 9.65. The van der Waals surface area contributed by atoms with Crippen LogP contribution in [0.1, 0.15) is 45.6 Å². The Kier molecular flexibility index (Phi) is 4.27. The van der Waals surface area contributed by atoms with Crippen LogP contribution in [-0.2, 0) is 4.79 Å². The third kappa shape index (κ3) is 3.59. The summed E-state index contributed by atoms with van der Waals surface area (Å²) in [5, 5.41) is 1.16. The molecule has 1 aromatic carbocycles. The van der Waals surface area contributed by atoms with E-state index in [1.54, 1.807) is 24.3 Å². The molecule has 2 unspecified atom stereocenters. The molecule has 3 rings (SSSR count). The predicted molar refractivity (Wildman–Crippen MR) is 96.7 cm³/mol. The van der Waals surface area contributed by atoms with Crippen LogP contribution < -0.4 is 0 Å². The van der Waals surface area contributed by atoms with Crippen LogP contribution in [0.15, 0.2) is 24.3 Å². The van der Waals surface area contributed by atoms with E-state index in [4.69, 9.17) is 23.2 Å². The minimum absolute atomic E-state index is 0.0856. The summed E-state index contributed by atoms with van der Waals surface area (Å²) >= 11 is 12.1. The van der Waals surface area contributed by atoms with Gasteiger partial charge < -0.3 is 4.90 Å². The molecule has 1 amide bonds. The maximum Gasteiger partial charge on any atom is 0.246 e.